The van der Waals surface area contributed by atoms with Crippen LogP contribution >= 0.6 is 0 Å². The maximum absolute atomic E-state index is 14.7. The molecule has 0 aromatic heterocycles. The van der Waals surface area contributed by atoms with E-state index in [1.54, 1.807) is 23.1 Å². The number of amides is 2. The molecule has 0 heterocycles. The molecular weight excluding hydrogens is 463 g/mol. The summed E-state index contributed by atoms with van der Waals surface area (Å²) >= 11 is 0. The molecule has 196 valence electrons. The summed E-state index contributed by atoms with van der Waals surface area (Å²) in [5.41, 5.74) is 3.67. The van der Waals surface area contributed by atoms with Crippen molar-refractivity contribution in [1.82, 2.24) is 10.2 Å². The second-order valence-corrected chi connectivity index (χ2v) is 10.9. The molecular formula is C32H39FN2O2. The fourth-order valence-corrected chi connectivity index (χ4v) is 4.31. The fourth-order valence-electron chi connectivity index (χ4n) is 4.31. The van der Waals surface area contributed by atoms with Gasteiger partial charge in [0.2, 0.25) is 11.8 Å². The first kappa shape index (κ1) is 28.1. The Morgan fingerprint density at radius 1 is 0.865 bits per heavy atom. The first-order valence-corrected chi connectivity index (χ1v) is 13.0. The minimum atomic E-state index is -0.764. The number of nitrogens with one attached hydrogen (secondary N) is 1. The molecule has 4 nitrogen and oxygen atoms in total. The van der Waals surface area contributed by atoms with Crippen LogP contribution in [0.5, 0.6) is 0 Å². The highest BCUT2D eigenvalue weighted by Gasteiger charge is 2.31. The summed E-state index contributed by atoms with van der Waals surface area (Å²) in [6, 6.07) is 23.5. The van der Waals surface area contributed by atoms with Gasteiger partial charge in [-0.05, 0) is 48.4 Å². The van der Waals surface area contributed by atoms with Crippen LogP contribution in [0.15, 0.2) is 78.9 Å². The molecule has 0 aliphatic heterocycles. The van der Waals surface area contributed by atoms with Crippen molar-refractivity contribution in [3.8, 4) is 0 Å². The van der Waals surface area contributed by atoms with Gasteiger partial charge in [-0.15, -0.1) is 0 Å². The van der Waals surface area contributed by atoms with Gasteiger partial charge in [-0.25, -0.2) is 4.39 Å². The molecule has 0 saturated heterocycles. The molecule has 0 fully saturated rings. The van der Waals surface area contributed by atoms with E-state index in [9.17, 15) is 14.0 Å². The Kier molecular flexibility index (Phi) is 9.62. The van der Waals surface area contributed by atoms with Gasteiger partial charge in [0, 0.05) is 31.0 Å². The molecule has 3 aromatic rings. The monoisotopic (exact) mass is 502 g/mol. The van der Waals surface area contributed by atoms with Gasteiger partial charge in [-0.2, -0.15) is 0 Å². The quantitative estimate of drug-likeness (QED) is 0.358. The van der Waals surface area contributed by atoms with Gasteiger partial charge < -0.3 is 10.2 Å². The lowest BCUT2D eigenvalue weighted by atomic mass is 9.86. The third kappa shape index (κ3) is 8.28. The van der Waals surface area contributed by atoms with Crippen LogP contribution in [0.3, 0.4) is 0 Å². The number of carbonyl (C=O) groups is 2. The third-order valence-corrected chi connectivity index (χ3v) is 6.45. The predicted molar refractivity (Wildman–Crippen MR) is 148 cm³/mol. The standard InChI is InChI=1S/C32H39FN2O2/c1-23(2)34-31(37)29(21-25-11-7-6-8-12-25)35(22-26-13-9-10-14-28(26)33)30(36)20-17-24-15-18-27(19-16-24)32(3,4)5/h6-16,18-19,23,29H,17,20-22H2,1-5H3,(H,34,37). The van der Waals surface area contributed by atoms with Gasteiger partial charge in [0.1, 0.15) is 11.9 Å². The van der Waals surface area contributed by atoms with Gasteiger partial charge in [0.05, 0.1) is 0 Å². The van der Waals surface area contributed by atoms with E-state index in [2.05, 4.69) is 50.4 Å². The Bertz CT molecular complexity index is 1170. The lowest BCUT2D eigenvalue weighted by molar-refractivity contribution is -0.141. The van der Waals surface area contributed by atoms with Crippen LogP contribution in [0.4, 0.5) is 4.39 Å². The van der Waals surface area contributed by atoms with Crippen molar-refractivity contribution in [3.63, 3.8) is 0 Å². The molecule has 0 saturated carbocycles. The molecule has 5 heteroatoms. The smallest absolute Gasteiger partial charge is 0.243 e. The van der Waals surface area contributed by atoms with Crippen molar-refractivity contribution in [2.75, 3.05) is 0 Å². The average molecular weight is 503 g/mol. The summed E-state index contributed by atoms with van der Waals surface area (Å²) in [6.07, 6.45) is 1.12. The average Bonchev–Trinajstić information content (AvgIpc) is 2.85. The van der Waals surface area contributed by atoms with Crippen molar-refractivity contribution in [2.45, 2.75) is 77.9 Å². The molecule has 0 aliphatic carbocycles. The molecule has 2 amide bonds. The zero-order valence-electron chi connectivity index (χ0n) is 22.6. The largest absolute Gasteiger partial charge is 0.352 e. The van der Waals surface area contributed by atoms with Crippen molar-refractivity contribution >= 4 is 11.8 Å². The summed E-state index contributed by atoms with van der Waals surface area (Å²) in [5, 5.41) is 2.97. The maximum atomic E-state index is 14.7. The molecule has 3 rings (SSSR count). The number of carbonyl (C=O) groups excluding carboxylic acids is 2. The number of rotatable bonds is 10. The number of hydrogen-bond donors (Lipinski definition) is 1. The van der Waals surface area contributed by atoms with E-state index in [1.165, 1.54) is 11.6 Å². The Morgan fingerprint density at radius 3 is 2.08 bits per heavy atom. The Hall–Kier alpha value is -3.47. The summed E-state index contributed by atoms with van der Waals surface area (Å²) in [6.45, 7) is 10.3. The van der Waals surface area contributed by atoms with Gasteiger partial charge in [0.15, 0.2) is 0 Å². The number of nitrogens with zero attached hydrogens (tertiary/aromatic N) is 1. The summed E-state index contributed by atoms with van der Waals surface area (Å²) in [5.74, 6) is -0.804. The predicted octanol–water partition coefficient (Wildman–Crippen LogP) is 6.22. The van der Waals surface area contributed by atoms with Crippen molar-refractivity contribution in [3.05, 3.63) is 107 Å². The van der Waals surface area contributed by atoms with Gasteiger partial charge in [-0.1, -0.05) is 93.6 Å². The van der Waals surface area contributed by atoms with Gasteiger partial charge >= 0.3 is 0 Å². The number of halogens is 1. The molecule has 1 N–H and O–H groups in total. The van der Waals surface area contributed by atoms with Crippen LogP contribution in [-0.2, 0) is 34.4 Å². The summed E-state index contributed by atoms with van der Waals surface area (Å²) in [4.78, 5) is 28.6. The van der Waals surface area contributed by atoms with Crippen molar-refractivity contribution in [2.24, 2.45) is 0 Å². The maximum Gasteiger partial charge on any atom is 0.243 e. The summed E-state index contributed by atoms with van der Waals surface area (Å²) in [7, 11) is 0. The number of aryl methyl sites for hydroxylation is 1. The highest BCUT2D eigenvalue weighted by Crippen LogP contribution is 2.23. The van der Waals surface area contributed by atoms with Gasteiger partial charge in [0.25, 0.3) is 0 Å². The molecule has 1 atom stereocenters. The van der Waals surface area contributed by atoms with E-state index in [0.717, 1.165) is 11.1 Å². The molecule has 0 spiro atoms. The van der Waals surface area contributed by atoms with E-state index in [1.807, 2.05) is 44.2 Å². The molecule has 0 bridgehead atoms. The Labute approximate surface area is 220 Å². The van der Waals surface area contributed by atoms with Gasteiger partial charge in [-0.3, -0.25) is 9.59 Å². The van der Waals surface area contributed by atoms with E-state index in [4.69, 9.17) is 0 Å². The van der Waals surface area contributed by atoms with E-state index >= 15 is 0 Å². The zero-order chi connectivity index (χ0) is 27.0. The van der Waals surface area contributed by atoms with E-state index in [0.29, 0.717) is 18.4 Å². The van der Waals surface area contributed by atoms with Crippen molar-refractivity contribution in [1.29, 1.82) is 0 Å². The number of benzene rings is 3. The molecule has 37 heavy (non-hydrogen) atoms. The summed E-state index contributed by atoms with van der Waals surface area (Å²) < 4.78 is 14.7. The lowest BCUT2D eigenvalue weighted by Gasteiger charge is -2.32. The van der Waals surface area contributed by atoms with Crippen LogP contribution in [-0.4, -0.2) is 28.8 Å². The first-order chi connectivity index (χ1) is 17.5. The van der Waals surface area contributed by atoms with Crippen LogP contribution in [0, 0.1) is 5.82 Å². The third-order valence-electron chi connectivity index (χ3n) is 6.45. The zero-order valence-corrected chi connectivity index (χ0v) is 22.6. The lowest BCUT2D eigenvalue weighted by Crippen LogP contribution is -2.52. The highest BCUT2D eigenvalue weighted by molar-refractivity contribution is 5.88. The van der Waals surface area contributed by atoms with Crippen LogP contribution in [0.25, 0.3) is 0 Å². The molecule has 0 radical (unpaired) electrons. The topological polar surface area (TPSA) is 49.4 Å². The minimum absolute atomic E-state index is 0.0253. The van der Waals surface area contributed by atoms with Crippen molar-refractivity contribution < 1.29 is 14.0 Å². The van der Waals surface area contributed by atoms with Crippen LogP contribution in [0.1, 0.15) is 63.3 Å². The molecule has 1 unspecified atom stereocenters. The first-order valence-electron chi connectivity index (χ1n) is 13.0. The fraction of sp³-hybridized carbons (Fsp3) is 0.375. The second kappa shape index (κ2) is 12.7. The number of hydrogen-bond acceptors (Lipinski definition) is 2. The Morgan fingerprint density at radius 2 is 1.49 bits per heavy atom. The minimum Gasteiger partial charge on any atom is -0.352 e. The highest BCUT2D eigenvalue weighted by atomic mass is 19.1. The van der Waals surface area contributed by atoms with E-state index < -0.39 is 6.04 Å². The normalized spacial score (nSPS) is 12.3. The Balaban J connectivity index is 1.89. The SMILES string of the molecule is CC(C)NC(=O)C(Cc1ccccc1)N(Cc1ccccc1F)C(=O)CCc1ccc(C(C)(C)C)cc1. The van der Waals surface area contributed by atoms with E-state index in [-0.39, 0.29) is 42.1 Å². The van der Waals surface area contributed by atoms with Crippen LogP contribution < -0.4 is 5.32 Å². The molecule has 0 aliphatic rings. The molecule has 3 aromatic carbocycles. The van der Waals surface area contributed by atoms with Crippen LogP contribution in [0.2, 0.25) is 0 Å². The second-order valence-electron chi connectivity index (χ2n) is 10.9.